The molecule has 0 heterocycles. The van der Waals surface area contributed by atoms with Gasteiger partial charge in [-0.05, 0) is 25.1 Å². The maximum Gasteiger partial charge on any atom is 0.411 e. The zero-order valence-corrected chi connectivity index (χ0v) is 11.4. The number of amides is 1. The number of ether oxygens (including phenoxy) is 2. The molecule has 0 bridgehead atoms. The normalized spacial score (nSPS) is 12.6. The molecule has 1 aromatic carbocycles. The van der Waals surface area contributed by atoms with Crippen LogP contribution in [0.2, 0.25) is 0 Å². The summed E-state index contributed by atoms with van der Waals surface area (Å²) in [4.78, 5) is 23.0. The van der Waals surface area contributed by atoms with E-state index in [1.165, 1.54) is 38.3 Å². The highest BCUT2D eigenvalue weighted by Gasteiger charge is 2.29. The van der Waals surface area contributed by atoms with Crippen molar-refractivity contribution in [2.45, 2.75) is 19.2 Å². The van der Waals surface area contributed by atoms with Gasteiger partial charge in [0.2, 0.25) is 0 Å². The predicted molar refractivity (Wildman–Crippen MR) is 67.9 cm³/mol. The Kier molecular flexibility index (Phi) is 5.71. The highest BCUT2D eigenvalue weighted by molar-refractivity contribution is 5.96. The third-order valence-corrected chi connectivity index (χ3v) is 2.42. The lowest BCUT2D eigenvalue weighted by Gasteiger charge is -2.15. The van der Waals surface area contributed by atoms with Crippen molar-refractivity contribution in [1.82, 2.24) is 0 Å². The summed E-state index contributed by atoms with van der Waals surface area (Å²) < 4.78 is 44.9. The monoisotopic (exact) mass is 305 g/mol. The lowest BCUT2D eigenvalue weighted by Crippen LogP contribution is -2.31. The highest BCUT2D eigenvalue weighted by Crippen LogP contribution is 2.16. The Balaban J connectivity index is 2.64. The van der Waals surface area contributed by atoms with E-state index in [0.717, 1.165) is 0 Å². The molecule has 0 aromatic heterocycles. The van der Waals surface area contributed by atoms with Gasteiger partial charge in [0.25, 0.3) is 5.91 Å². The third-order valence-electron chi connectivity index (χ3n) is 2.42. The van der Waals surface area contributed by atoms with E-state index in [1.807, 2.05) is 0 Å². The van der Waals surface area contributed by atoms with Gasteiger partial charge in [-0.2, -0.15) is 13.2 Å². The fraction of sp³-hybridized carbons (Fsp3) is 0.385. The molecule has 0 fully saturated rings. The van der Waals surface area contributed by atoms with Gasteiger partial charge in [-0.1, -0.05) is 6.07 Å². The van der Waals surface area contributed by atoms with Gasteiger partial charge in [0.15, 0.2) is 0 Å². The summed E-state index contributed by atoms with van der Waals surface area (Å²) in [6.45, 7) is -0.310. The molecule has 0 aliphatic carbocycles. The second-order valence-electron chi connectivity index (χ2n) is 4.13. The van der Waals surface area contributed by atoms with Gasteiger partial charge >= 0.3 is 12.1 Å². The molecule has 1 N–H and O–H groups in total. The Hall–Kier alpha value is -2.09. The number of hydrogen-bond acceptors (Lipinski definition) is 4. The molecule has 116 valence electrons. The average Bonchev–Trinajstić information content (AvgIpc) is 2.43. The predicted octanol–water partition coefficient (Wildman–Crippen LogP) is 2.38. The van der Waals surface area contributed by atoms with Crippen LogP contribution in [0.3, 0.4) is 0 Å². The van der Waals surface area contributed by atoms with Crippen molar-refractivity contribution in [3.8, 4) is 0 Å². The van der Waals surface area contributed by atoms with E-state index in [1.54, 1.807) is 0 Å². The number of rotatable bonds is 5. The molecule has 1 atom stereocenters. The summed E-state index contributed by atoms with van der Waals surface area (Å²) in [5.74, 6) is -1.34. The fourth-order valence-electron chi connectivity index (χ4n) is 1.38. The molecule has 0 aliphatic heterocycles. The molecular formula is C13H14F3NO4. The maximum absolute atomic E-state index is 12.0. The number of benzene rings is 1. The topological polar surface area (TPSA) is 64.6 Å². The number of esters is 1. The van der Waals surface area contributed by atoms with Crippen molar-refractivity contribution in [1.29, 1.82) is 0 Å². The van der Waals surface area contributed by atoms with Crippen molar-refractivity contribution >= 4 is 17.6 Å². The van der Waals surface area contributed by atoms with Crippen molar-refractivity contribution in [2.24, 2.45) is 0 Å². The summed E-state index contributed by atoms with van der Waals surface area (Å²) in [7, 11) is 1.21. The Morgan fingerprint density at radius 3 is 2.57 bits per heavy atom. The maximum atomic E-state index is 12.0. The van der Waals surface area contributed by atoms with E-state index >= 15 is 0 Å². The van der Waals surface area contributed by atoms with Gasteiger partial charge in [0, 0.05) is 5.69 Å². The van der Waals surface area contributed by atoms with Crippen molar-refractivity contribution in [3.05, 3.63) is 29.8 Å². The second kappa shape index (κ2) is 7.07. The van der Waals surface area contributed by atoms with Crippen LogP contribution in [-0.4, -0.2) is 37.9 Å². The molecule has 21 heavy (non-hydrogen) atoms. The number of carbonyl (C=O) groups excluding carboxylic acids is 2. The third kappa shape index (κ3) is 5.82. The molecule has 5 nitrogen and oxygen atoms in total. The summed E-state index contributed by atoms with van der Waals surface area (Å²) in [6.07, 6.45) is -5.78. The van der Waals surface area contributed by atoms with Crippen LogP contribution in [0.5, 0.6) is 0 Å². The molecule has 1 unspecified atom stereocenters. The van der Waals surface area contributed by atoms with Crippen LogP contribution in [0.25, 0.3) is 0 Å². The fourth-order valence-corrected chi connectivity index (χ4v) is 1.38. The molecule has 1 amide bonds. The summed E-state index contributed by atoms with van der Waals surface area (Å²) in [5, 5.41) is 2.36. The van der Waals surface area contributed by atoms with Crippen LogP contribution in [0.4, 0.5) is 18.9 Å². The van der Waals surface area contributed by atoms with Gasteiger partial charge in [-0.3, -0.25) is 4.79 Å². The van der Waals surface area contributed by atoms with Crippen molar-refractivity contribution < 1.29 is 32.2 Å². The van der Waals surface area contributed by atoms with Gasteiger partial charge in [0.05, 0.1) is 12.7 Å². The quantitative estimate of drug-likeness (QED) is 0.848. The lowest BCUT2D eigenvalue weighted by atomic mass is 10.2. The number of halogens is 3. The SMILES string of the molecule is COC(=O)c1cccc(NC(=O)C(C)OCC(F)(F)F)c1. The smallest absolute Gasteiger partial charge is 0.411 e. The van der Waals surface area contributed by atoms with Crippen LogP contribution in [0.1, 0.15) is 17.3 Å². The summed E-state index contributed by atoms with van der Waals surface area (Å²) >= 11 is 0. The van der Waals surface area contributed by atoms with Gasteiger partial charge in [-0.15, -0.1) is 0 Å². The highest BCUT2D eigenvalue weighted by atomic mass is 19.4. The summed E-state index contributed by atoms with van der Waals surface area (Å²) in [6, 6.07) is 5.81. The Labute approximate surface area is 119 Å². The van der Waals surface area contributed by atoms with Crippen LogP contribution < -0.4 is 5.32 Å². The minimum atomic E-state index is -4.50. The van der Waals surface area contributed by atoms with E-state index in [-0.39, 0.29) is 11.3 Å². The minimum absolute atomic E-state index is 0.208. The van der Waals surface area contributed by atoms with E-state index in [9.17, 15) is 22.8 Å². The lowest BCUT2D eigenvalue weighted by molar-refractivity contribution is -0.184. The molecule has 8 heteroatoms. The molecule has 0 saturated heterocycles. The first-order valence-corrected chi connectivity index (χ1v) is 5.90. The van der Waals surface area contributed by atoms with E-state index in [4.69, 9.17) is 0 Å². The average molecular weight is 305 g/mol. The zero-order chi connectivity index (χ0) is 16.0. The minimum Gasteiger partial charge on any atom is -0.465 e. The molecule has 0 spiro atoms. The van der Waals surface area contributed by atoms with Crippen LogP contribution in [0, 0.1) is 0 Å². The molecule has 1 rings (SSSR count). The summed E-state index contributed by atoms with van der Waals surface area (Å²) in [5.41, 5.74) is 0.463. The van der Waals surface area contributed by atoms with Crippen LogP contribution in [-0.2, 0) is 14.3 Å². The first kappa shape index (κ1) is 17.0. The second-order valence-corrected chi connectivity index (χ2v) is 4.13. The van der Waals surface area contributed by atoms with Gasteiger partial charge in [-0.25, -0.2) is 4.79 Å². The van der Waals surface area contributed by atoms with Crippen LogP contribution >= 0.6 is 0 Å². The standard InChI is InChI=1S/C13H14F3NO4/c1-8(21-7-13(14,15)16)11(18)17-10-5-3-4-9(6-10)12(19)20-2/h3-6,8H,7H2,1-2H3,(H,17,18). The van der Waals surface area contributed by atoms with Gasteiger partial charge in [0.1, 0.15) is 12.7 Å². The number of alkyl halides is 3. The van der Waals surface area contributed by atoms with Crippen molar-refractivity contribution in [3.63, 3.8) is 0 Å². The number of methoxy groups -OCH3 is 1. The number of hydrogen-bond donors (Lipinski definition) is 1. The first-order chi connectivity index (χ1) is 9.73. The Bertz CT molecular complexity index is 516. The molecule has 1 aromatic rings. The molecule has 0 radical (unpaired) electrons. The Morgan fingerprint density at radius 1 is 1.33 bits per heavy atom. The molecule has 0 aliphatic rings. The number of carbonyl (C=O) groups is 2. The molecular weight excluding hydrogens is 291 g/mol. The Morgan fingerprint density at radius 2 is 2.00 bits per heavy atom. The first-order valence-electron chi connectivity index (χ1n) is 5.90. The van der Waals surface area contributed by atoms with E-state index < -0.39 is 30.8 Å². The van der Waals surface area contributed by atoms with Crippen molar-refractivity contribution in [2.75, 3.05) is 19.0 Å². The molecule has 0 saturated carbocycles. The van der Waals surface area contributed by atoms with E-state index in [0.29, 0.717) is 0 Å². The largest absolute Gasteiger partial charge is 0.465 e. The number of nitrogens with one attached hydrogen (secondary N) is 1. The number of anilines is 1. The van der Waals surface area contributed by atoms with Crippen LogP contribution in [0.15, 0.2) is 24.3 Å². The van der Waals surface area contributed by atoms with E-state index in [2.05, 4.69) is 14.8 Å². The zero-order valence-electron chi connectivity index (χ0n) is 11.4. The van der Waals surface area contributed by atoms with Gasteiger partial charge < -0.3 is 14.8 Å².